The van der Waals surface area contributed by atoms with Gasteiger partial charge in [-0.1, -0.05) is 35.8 Å². The van der Waals surface area contributed by atoms with Crippen molar-refractivity contribution < 1.29 is 9.90 Å². The molecule has 3 N–H and O–H groups in total. The van der Waals surface area contributed by atoms with E-state index in [-0.39, 0.29) is 11.9 Å². The number of hydrogen-bond acceptors (Lipinski definition) is 6. The quantitative estimate of drug-likeness (QED) is 0.637. The second-order valence-corrected chi connectivity index (χ2v) is 7.00. The lowest BCUT2D eigenvalue weighted by Gasteiger charge is -2.24. The molecule has 2 atom stereocenters. The maximum Gasteiger partial charge on any atom is 0.247 e. The van der Waals surface area contributed by atoms with Crippen LogP contribution in [0.25, 0.3) is 0 Å². The molecule has 1 aromatic heterocycles. The second kappa shape index (κ2) is 8.67. The average Bonchev–Trinajstić information content (AvgIpc) is 3.13. The van der Waals surface area contributed by atoms with Gasteiger partial charge in [0.25, 0.3) is 0 Å². The zero-order valence-electron chi connectivity index (χ0n) is 14.4. The van der Waals surface area contributed by atoms with Crippen LogP contribution in [0, 0.1) is 0 Å². The van der Waals surface area contributed by atoms with Gasteiger partial charge in [0.05, 0.1) is 28.1 Å². The second-order valence-electron chi connectivity index (χ2n) is 6.16. The largest absolute Gasteiger partial charge is 0.374 e. The number of carbonyl (C=O) groups is 1. The lowest BCUT2D eigenvalue weighted by atomic mass is 10.1. The van der Waals surface area contributed by atoms with Crippen molar-refractivity contribution >= 4 is 40.7 Å². The van der Waals surface area contributed by atoms with Crippen molar-refractivity contribution in [1.82, 2.24) is 14.9 Å². The Morgan fingerprint density at radius 1 is 1.37 bits per heavy atom. The molecule has 0 spiro atoms. The number of aromatic nitrogens is 2. The molecule has 27 heavy (non-hydrogen) atoms. The van der Waals surface area contributed by atoms with Gasteiger partial charge in [-0.15, -0.1) is 0 Å². The summed E-state index contributed by atoms with van der Waals surface area (Å²) >= 11 is 12.0. The Labute approximate surface area is 167 Å². The Morgan fingerprint density at radius 2 is 2.11 bits per heavy atom. The molecule has 3 rings (SSSR count). The monoisotopic (exact) mass is 407 g/mol. The molecule has 2 heterocycles. The van der Waals surface area contributed by atoms with Crippen molar-refractivity contribution in [2.24, 2.45) is 0 Å². The minimum absolute atomic E-state index is 0.113. The van der Waals surface area contributed by atoms with Gasteiger partial charge in [-0.05, 0) is 30.2 Å². The Hall–Kier alpha value is -2.19. The number of benzene rings is 1. The van der Waals surface area contributed by atoms with Gasteiger partial charge in [0.1, 0.15) is 6.23 Å². The van der Waals surface area contributed by atoms with Crippen LogP contribution in [0.3, 0.4) is 0 Å². The molecule has 0 radical (unpaired) electrons. The molecule has 0 saturated carbocycles. The first-order chi connectivity index (χ1) is 13.0. The van der Waals surface area contributed by atoms with Crippen LogP contribution in [0.2, 0.25) is 10.0 Å². The molecule has 1 saturated heterocycles. The molecule has 7 nitrogen and oxygen atoms in total. The van der Waals surface area contributed by atoms with Gasteiger partial charge < -0.3 is 15.7 Å². The SMILES string of the molecule is C=CC(=O)Nc1ccc(C(O)N2CC[C@@H](Nc3ncc(Cl)cn3)C2)cc1Cl. The van der Waals surface area contributed by atoms with Crippen molar-refractivity contribution in [3.8, 4) is 0 Å². The van der Waals surface area contributed by atoms with Crippen LogP contribution < -0.4 is 10.6 Å². The van der Waals surface area contributed by atoms with E-state index >= 15 is 0 Å². The molecule has 9 heteroatoms. The first-order valence-electron chi connectivity index (χ1n) is 8.35. The van der Waals surface area contributed by atoms with Gasteiger partial charge in [-0.2, -0.15) is 0 Å². The minimum Gasteiger partial charge on any atom is -0.374 e. The molecule has 1 aliphatic heterocycles. The van der Waals surface area contributed by atoms with Gasteiger partial charge in [0, 0.05) is 19.1 Å². The number of aliphatic hydroxyl groups is 1. The van der Waals surface area contributed by atoms with E-state index in [1.165, 1.54) is 18.5 Å². The number of aliphatic hydroxyl groups excluding tert-OH is 1. The highest BCUT2D eigenvalue weighted by Gasteiger charge is 2.28. The number of hydrogen-bond donors (Lipinski definition) is 3. The zero-order valence-corrected chi connectivity index (χ0v) is 15.9. The highest BCUT2D eigenvalue weighted by molar-refractivity contribution is 6.33. The molecule has 142 valence electrons. The summed E-state index contributed by atoms with van der Waals surface area (Å²) in [6.45, 7) is 4.73. The van der Waals surface area contributed by atoms with Crippen molar-refractivity contribution in [2.45, 2.75) is 18.7 Å². The van der Waals surface area contributed by atoms with Crippen LogP contribution in [-0.2, 0) is 4.79 Å². The van der Waals surface area contributed by atoms with Crippen LogP contribution in [0.15, 0.2) is 43.2 Å². The Morgan fingerprint density at radius 3 is 2.78 bits per heavy atom. The van der Waals surface area contributed by atoms with Crippen molar-refractivity contribution in [2.75, 3.05) is 23.7 Å². The molecule has 1 unspecified atom stereocenters. The molecule has 1 amide bonds. The summed E-state index contributed by atoms with van der Waals surface area (Å²) in [7, 11) is 0. The van der Waals surface area contributed by atoms with E-state index in [1.807, 2.05) is 4.90 Å². The Balaban J connectivity index is 1.61. The molecule has 2 aromatic rings. The topological polar surface area (TPSA) is 90.4 Å². The summed E-state index contributed by atoms with van der Waals surface area (Å²) in [5, 5.41) is 17.4. The predicted molar refractivity (Wildman–Crippen MR) is 106 cm³/mol. The molecule has 1 aromatic carbocycles. The highest BCUT2D eigenvalue weighted by Crippen LogP contribution is 2.29. The third-order valence-corrected chi connectivity index (χ3v) is 4.76. The highest BCUT2D eigenvalue weighted by atomic mass is 35.5. The third-order valence-electron chi connectivity index (χ3n) is 4.25. The third kappa shape index (κ3) is 4.95. The number of amides is 1. The zero-order chi connectivity index (χ0) is 19.4. The summed E-state index contributed by atoms with van der Waals surface area (Å²) in [6.07, 6.45) is 4.27. The van der Waals surface area contributed by atoms with Crippen LogP contribution >= 0.6 is 23.2 Å². The number of rotatable bonds is 6. The fourth-order valence-corrected chi connectivity index (χ4v) is 3.22. The van der Waals surface area contributed by atoms with Crippen LogP contribution in [0.4, 0.5) is 11.6 Å². The van der Waals surface area contributed by atoms with E-state index in [2.05, 4.69) is 27.2 Å². The van der Waals surface area contributed by atoms with Gasteiger partial charge in [-0.3, -0.25) is 9.69 Å². The normalized spacial score (nSPS) is 18.1. The smallest absolute Gasteiger partial charge is 0.247 e. The van der Waals surface area contributed by atoms with Crippen LogP contribution in [0.5, 0.6) is 0 Å². The van der Waals surface area contributed by atoms with Gasteiger partial charge in [0.2, 0.25) is 11.9 Å². The first kappa shape index (κ1) is 19.6. The minimum atomic E-state index is -0.801. The number of nitrogens with zero attached hydrogens (tertiary/aromatic N) is 3. The van der Waals surface area contributed by atoms with Crippen molar-refractivity contribution in [3.63, 3.8) is 0 Å². The molecule has 0 aliphatic carbocycles. The van der Waals surface area contributed by atoms with E-state index in [9.17, 15) is 9.90 Å². The van der Waals surface area contributed by atoms with Crippen LogP contribution in [-0.4, -0.2) is 45.0 Å². The molecule has 1 aliphatic rings. The van der Waals surface area contributed by atoms with E-state index in [0.717, 1.165) is 6.42 Å². The van der Waals surface area contributed by atoms with E-state index in [1.54, 1.807) is 18.2 Å². The maximum absolute atomic E-state index is 11.4. The van der Waals surface area contributed by atoms with Gasteiger partial charge in [0.15, 0.2) is 0 Å². The summed E-state index contributed by atoms with van der Waals surface area (Å²) in [5.41, 5.74) is 1.12. The van der Waals surface area contributed by atoms with Gasteiger partial charge in [-0.25, -0.2) is 9.97 Å². The number of anilines is 2. The fourth-order valence-electron chi connectivity index (χ4n) is 2.88. The predicted octanol–water partition coefficient (Wildman–Crippen LogP) is 3.09. The number of likely N-dealkylation sites (tertiary alicyclic amines) is 1. The lowest BCUT2D eigenvalue weighted by molar-refractivity contribution is -0.111. The summed E-state index contributed by atoms with van der Waals surface area (Å²) < 4.78 is 0. The summed E-state index contributed by atoms with van der Waals surface area (Å²) in [5.74, 6) is 0.161. The molecular formula is C18H19Cl2N5O2. The average molecular weight is 408 g/mol. The Kier molecular flexibility index (Phi) is 6.28. The summed E-state index contributed by atoms with van der Waals surface area (Å²) in [4.78, 5) is 21.6. The van der Waals surface area contributed by atoms with E-state index in [0.29, 0.717) is 40.3 Å². The fraction of sp³-hybridized carbons (Fsp3) is 0.278. The van der Waals surface area contributed by atoms with Gasteiger partial charge >= 0.3 is 0 Å². The molecule has 1 fully saturated rings. The van der Waals surface area contributed by atoms with Crippen LogP contribution in [0.1, 0.15) is 18.2 Å². The number of halogens is 2. The molecule has 0 bridgehead atoms. The maximum atomic E-state index is 11.4. The van der Waals surface area contributed by atoms with E-state index in [4.69, 9.17) is 23.2 Å². The van der Waals surface area contributed by atoms with Crippen molar-refractivity contribution in [1.29, 1.82) is 0 Å². The Bertz CT molecular complexity index is 831. The number of carbonyl (C=O) groups excluding carboxylic acids is 1. The lowest BCUT2D eigenvalue weighted by Crippen LogP contribution is -2.30. The summed E-state index contributed by atoms with van der Waals surface area (Å²) in [6, 6.07) is 5.16. The van der Waals surface area contributed by atoms with E-state index < -0.39 is 6.23 Å². The van der Waals surface area contributed by atoms with Crippen molar-refractivity contribution in [3.05, 3.63) is 58.9 Å². The standard InChI is InChI=1S/C18H19Cl2N5O2/c1-2-16(26)24-15-4-3-11(7-14(15)20)17(27)25-6-5-13(10-25)23-18-21-8-12(19)9-22-18/h2-4,7-9,13,17,27H,1,5-6,10H2,(H,24,26)(H,21,22,23)/t13-,17?/m1/s1. The molecular weight excluding hydrogens is 389 g/mol. The number of nitrogens with one attached hydrogen (secondary N) is 2. The first-order valence-corrected chi connectivity index (χ1v) is 9.11.